The maximum atomic E-state index is 12.8. The van der Waals surface area contributed by atoms with Crippen molar-refractivity contribution in [2.45, 2.75) is 38.8 Å². The molecular weight excluding hydrogens is 494 g/mol. The third kappa shape index (κ3) is 6.86. The Hall–Kier alpha value is -4.64. The highest BCUT2D eigenvalue weighted by Crippen LogP contribution is 2.21. The third-order valence-electron chi connectivity index (χ3n) is 6.97. The Morgan fingerprint density at radius 3 is 2.40 bits per heavy atom. The number of imidazole rings is 1. The smallest absolute Gasteiger partial charge is 0.224 e. The molecule has 0 aliphatic rings. The minimum absolute atomic E-state index is 0.0161. The van der Waals surface area contributed by atoms with Gasteiger partial charge < -0.3 is 14.6 Å². The Morgan fingerprint density at radius 2 is 1.57 bits per heavy atom. The largest absolute Gasteiger partial charge is 0.493 e. The second kappa shape index (κ2) is 13.4. The van der Waals surface area contributed by atoms with Gasteiger partial charge in [0.2, 0.25) is 5.91 Å². The van der Waals surface area contributed by atoms with Crippen molar-refractivity contribution in [3.05, 3.63) is 133 Å². The molecule has 202 valence electrons. The van der Waals surface area contributed by atoms with E-state index in [1.54, 1.807) is 0 Å². The van der Waals surface area contributed by atoms with Gasteiger partial charge in [-0.2, -0.15) is 0 Å². The first-order valence-corrected chi connectivity index (χ1v) is 13.9. The summed E-state index contributed by atoms with van der Waals surface area (Å²) in [5.41, 5.74) is 6.48. The van der Waals surface area contributed by atoms with Crippen LogP contribution in [-0.2, 0) is 30.7 Å². The van der Waals surface area contributed by atoms with E-state index in [2.05, 4.69) is 52.9 Å². The number of benzene rings is 4. The highest BCUT2D eigenvalue weighted by atomic mass is 16.5. The Morgan fingerprint density at radius 1 is 0.850 bits per heavy atom. The fourth-order valence-electron chi connectivity index (χ4n) is 4.90. The number of carbonyl (C=O) groups is 1. The Bertz CT molecular complexity index is 1560. The molecule has 5 nitrogen and oxygen atoms in total. The molecule has 0 atom stereocenters. The summed E-state index contributed by atoms with van der Waals surface area (Å²) in [6.45, 7) is 5.69. The third-order valence-corrected chi connectivity index (χ3v) is 6.97. The Kier molecular flexibility index (Phi) is 9.05. The predicted molar refractivity (Wildman–Crippen MR) is 162 cm³/mol. The standard InChI is InChI=1S/C35H35N3O2/c1-2-12-30-15-6-9-18-33(30)40-24-11-10-23-38-32-17-8-7-16-31(32)37-34(38)26-36-35(39)25-27-19-21-29(22-20-27)28-13-4-3-5-14-28/h2-9,13-22H,1,10-12,23-26H2,(H,36,39). The van der Waals surface area contributed by atoms with Crippen LogP contribution in [-0.4, -0.2) is 22.1 Å². The summed E-state index contributed by atoms with van der Waals surface area (Å²) in [6, 6.07) is 34.7. The minimum atomic E-state index is -0.0161. The first-order valence-electron chi connectivity index (χ1n) is 13.9. The number of unbranched alkanes of at least 4 members (excludes halogenated alkanes) is 1. The Balaban J connectivity index is 1.16. The number of nitrogens with zero attached hydrogens (tertiary/aromatic N) is 2. The average molecular weight is 530 g/mol. The van der Waals surface area contributed by atoms with Gasteiger partial charge in [0.15, 0.2) is 0 Å². The fourth-order valence-corrected chi connectivity index (χ4v) is 4.90. The summed E-state index contributed by atoms with van der Waals surface area (Å²) < 4.78 is 8.28. The van der Waals surface area contributed by atoms with E-state index in [1.165, 1.54) is 5.56 Å². The summed E-state index contributed by atoms with van der Waals surface area (Å²) in [7, 11) is 0. The monoisotopic (exact) mass is 529 g/mol. The second-order valence-electron chi connectivity index (χ2n) is 9.84. The van der Waals surface area contributed by atoms with Gasteiger partial charge in [-0.15, -0.1) is 6.58 Å². The molecule has 5 heteroatoms. The van der Waals surface area contributed by atoms with Gasteiger partial charge in [-0.1, -0.05) is 91.0 Å². The van der Waals surface area contributed by atoms with Crippen LogP contribution in [0.25, 0.3) is 22.2 Å². The number of allylic oxidation sites excluding steroid dienone is 1. The number of aromatic nitrogens is 2. The van der Waals surface area contributed by atoms with Crippen LogP contribution in [0.15, 0.2) is 116 Å². The lowest BCUT2D eigenvalue weighted by atomic mass is 10.0. The molecule has 1 aromatic heterocycles. The van der Waals surface area contributed by atoms with Crippen LogP contribution in [0.5, 0.6) is 5.75 Å². The van der Waals surface area contributed by atoms with E-state index < -0.39 is 0 Å². The maximum absolute atomic E-state index is 12.8. The summed E-state index contributed by atoms with van der Waals surface area (Å²) in [6.07, 6.45) is 4.89. The number of nitrogens with one attached hydrogen (secondary N) is 1. The van der Waals surface area contributed by atoms with Gasteiger partial charge in [0.05, 0.1) is 30.6 Å². The van der Waals surface area contributed by atoms with Crippen molar-refractivity contribution in [1.82, 2.24) is 14.9 Å². The second-order valence-corrected chi connectivity index (χ2v) is 9.84. The van der Waals surface area contributed by atoms with Crippen molar-refractivity contribution in [2.24, 2.45) is 0 Å². The summed E-state index contributed by atoms with van der Waals surface area (Å²) in [4.78, 5) is 17.6. The molecule has 1 amide bonds. The molecule has 0 bridgehead atoms. The van der Waals surface area contributed by atoms with Crippen molar-refractivity contribution in [2.75, 3.05) is 6.61 Å². The molecule has 0 aliphatic carbocycles. The van der Waals surface area contributed by atoms with Crippen LogP contribution in [0.2, 0.25) is 0 Å². The van der Waals surface area contributed by atoms with Gasteiger partial charge in [0.25, 0.3) is 0 Å². The SMILES string of the molecule is C=CCc1ccccc1OCCCCn1c(CNC(=O)Cc2ccc(-c3ccccc3)cc2)nc2ccccc21. The molecule has 5 aromatic rings. The molecule has 0 unspecified atom stereocenters. The molecule has 0 fully saturated rings. The molecule has 5 rings (SSSR count). The average Bonchev–Trinajstić information content (AvgIpc) is 3.35. The number of ether oxygens (including phenoxy) is 1. The molecule has 4 aromatic carbocycles. The van der Waals surface area contributed by atoms with E-state index in [4.69, 9.17) is 9.72 Å². The number of hydrogen-bond donors (Lipinski definition) is 1. The van der Waals surface area contributed by atoms with Crippen LogP contribution in [0.3, 0.4) is 0 Å². The zero-order valence-electron chi connectivity index (χ0n) is 22.8. The van der Waals surface area contributed by atoms with E-state index in [1.807, 2.05) is 72.8 Å². The fraction of sp³-hybridized carbons (Fsp3) is 0.200. The quantitative estimate of drug-likeness (QED) is 0.130. The van der Waals surface area contributed by atoms with Gasteiger partial charge in [0, 0.05) is 6.54 Å². The lowest BCUT2D eigenvalue weighted by molar-refractivity contribution is -0.120. The molecule has 40 heavy (non-hydrogen) atoms. The number of amides is 1. The molecule has 1 N–H and O–H groups in total. The number of aryl methyl sites for hydroxylation is 1. The van der Waals surface area contributed by atoms with E-state index >= 15 is 0 Å². The van der Waals surface area contributed by atoms with E-state index in [-0.39, 0.29) is 5.91 Å². The molecule has 0 saturated heterocycles. The number of para-hydroxylation sites is 3. The van der Waals surface area contributed by atoms with E-state index in [0.29, 0.717) is 19.6 Å². The number of fused-ring (bicyclic) bond motifs is 1. The van der Waals surface area contributed by atoms with E-state index in [0.717, 1.165) is 65.1 Å². The first-order chi connectivity index (χ1) is 19.7. The highest BCUT2D eigenvalue weighted by Gasteiger charge is 2.12. The zero-order chi connectivity index (χ0) is 27.6. The topological polar surface area (TPSA) is 56.1 Å². The minimum Gasteiger partial charge on any atom is -0.493 e. The molecule has 0 spiro atoms. The van der Waals surface area contributed by atoms with E-state index in [9.17, 15) is 4.79 Å². The predicted octanol–water partition coefficient (Wildman–Crippen LogP) is 7.15. The van der Waals surface area contributed by atoms with Crippen molar-refractivity contribution < 1.29 is 9.53 Å². The number of rotatable bonds is 13. The van der Waals surface area contributed by atoms with Crippen LogP contribution < -0.4 is 10.1 Å². The molecule has 1 heterocycles. The van der Waals surface area contributed by atoms with Crippen LogP contribution in [0.1, 0.15) is 29.8 Å². The summed E-state index contributed by atoms with van der Waals surface area (Å²) >= 11 is 0. The summed E-state index contributed by atoms with van der Waals surface area (Å²) in [5.74, 6) is 1.78. The molecule has 0 radical (unpaired) electrons. The van der Waals surface area contributed by atoms with Gasteiger partial charge in [-0.25, -0.2) is 4.98 Å². The normalized spacial score (nSPS) is 10.9. The van der Waals surface area contributed by atoms with Crippen molar-refractivity contribution in [1.29, 1.82) is 0 Å². The van der Waals surface area contributed by atoms with Gasteiger partial charge >= 0.3 is 0 Å². The van der Waals surface area contributed by atoms with Crippen LogP contribution in [0, 0.1) is 0 Å². The number of hydrogen-bond acceptors (Lipinski definition) is 3. The summed E-state index contributed by atoms with van der Waals surface area (Å²) in [5, 5.41) is 3.08. The highest BCUT2D eigenvalue weighted by molar-refractivity contribution is 5.79. The van der Waals surface area contributed by atoms with Crippen molar-refractivity contribution in [3.63, 3.8) is 0 Å². The first kappa shape index (κ1) is 26.9. The lowest BCUT2D eigenvalue weighted by Crippen LogP contribution is -2.26. The van der Waals surface area contributed by atoms with Crippen molar-refractivity contribution >= 4 is 16.9 Å². The van der Waals surface area contributed by atoms with Crippen LogP contribution >= 0.6 is 0 Å². The zero-order valence-corrected chi connectivity index (χ0v) is 22.8. The molecule has 0 saturated carbocycles. The maximum Gasteiger partial charge on any atom is 0.224 e. The van der Waals surface area contributed by atoms with Crippen LogP contribution in [0.4, 0.5) is 0 Å². The molecular formula is C35H35N3O2. The lowest BCUT2D eigenvalue weighted by Gasteiger charge is -2.12. The Labute approximate surface area is 236 Å². The molecule has 0 aliphatic heterocycles. The number of carbonyl (C=O) groups excluding carboxylic acids is 1. The van der Waals surface area contributed by atoms with Gasteiger partial charge in [-0.3, -0.25) is 4.79 Å². The van der Waals surface area contributed by atoms with Crippen molar-refractivity contribution in [3.8, 4) is 16.9 Å². The van der Waals surface area contributed by atoms with Gasteiger partial charge in [-0.05, 0) is 59.7 Å². The van der Waals surface area contributed by atoms with Gasteiger partial charge in [0.1, 0.15) is 11.6 Å².